The van der Waals surface area contributed by atoms with Gasteiger partial charge >= 0.3 is 0 Å². The maximum absolute atomic E-state index is 12.7. The zero-order valence-electron chi connectivity index (χ0n) is 16.6. The van der Waals surface area contributed by atoms with E-state index >= 15 is 0 Å². The van der Waals surface area contributed by atoms with Crippen LogP contribution in [0, 0.1) is 12.8 Å². The monoisotopic (exact) mass is 379 g/mol. The summed E-state index contributed by atoms with van der Waals surface area (Å²) in [6, 6.07) is 14.5. The number of nitrogens with zero attached hydrogens (tertiary/aromatic N) is 2. The number of carbonyl (C=O) groups is 1. The van der Waals surface area contributed by atoms with Gasteiger partial charge in [0.15, 0.2) is 0 Å². The van der Waals surface area contributed by atoms with Gasteiger partial charge in [-0.1, -0.05) is 43.1 Å². The van der Waals surface area contributed by atoms with Crippen molar-refractivity contribution in [3.8, 4) is 17.1 Å². The van der Waals surface area contributed by atoms with Crippen molar-refractivity contribution in [2.24, 2.45) is 5.92 Å². The first kappa shape index (κ1) is 19.6. The van der Waals surface area contributed by atoms with Crippen LogP contribution in [0.25, 0.3) is 11.4 Å². The Hall–Kier alpha value is -3.15. The third kappa shape index (κ3) is 4.39. The molecule has 28 heavy (non-hydrogen) atoms. The van der Waals surface area contributed by atoms with Gasteiger partial charge < -0.3 is 14.6 Å². The van der Waals surface area contributed by atoms with Gasteiger partial charge in [0.2, 0.25) is 11.7 Å². The van der Waals surface area contributed by atoms with Crippen LogP contribution in [0.2, 0.25) is 0 Å². The quantitative estimate of drug-likeness (QED) is 0.651. The first-order valence-corrected chi connectivity index (χ1v) is 9.37. The molecule has 0 spiro atoms. The summed E-state index contributed by atoms with van der Waals surface area (Å²) in [5, 5.41) is 7.14. The molecule has 0 radical (unpaired) electrons. The Labute approximate surface area is 164 Å². The highest BCUT2D eigenvalue weighted by Crippen LogP contribution is 2.27. The standard InChI is InChI=1S/C22H25N3O3/c1-5-15(3)19(23-21(26)17-8-6-14(2)7-9-17)22-24-20(25-28-22)16-10-12-18(27-4)13-11-16/h6-13,15,19H,5H2,1-4H3,(H,23,26)/t15-,19-/m1/s1. The maximum atomic E-state index is 12.7. The predicted molar refractivity (Wildman–Crippen MR) is 107 cm³/mol. The van der Waals surface area contributed by atoms with Gasteiger partial charge in [-0.25, -0.2) is 0 Å². The van der Waals surface area contributed by atoms with Crippen molar-refractivity contribution < 1.29 is 14.1 Å². The molecule has 3 rings (SSSR count). The largest absolute Gasteiger partial charge is 0.497 e. The van der Waals surface area contributed by atoms with Crippen molar-refractivity contribution in [2.75, 3.05) is 7.11 Å². The number of amides is 1. The fraction of sp³-hybridized carbons (Fsp3) is 0.318. The molecule has 3 aromatic rings. The van der Waals surface area contributed by atoms with E-state index in [2.05, 4.69) is 29.3 Å². The molecule has 6 nitrogen and oxygen atoms in total. The van der Waals surface area contributed by atoms with Crippen LogP contribution in [0.5, 0.6) is 5.75 Å². The van der Waals surface area contributed by atoms with Crippen LogP contribution < -0.4 is 10.1 Å². The number of methoxy groups -OCH3 is 1. The normalized spacial score (nSPS) is 13.0. The summed E-state index contributed by atoms with van der Waals surface area (Å²) >= 11 is 0. The molecule has 0 aliphatic rings. The molecule has 1 aromatic heterocycles. The van der Waals surface area contributed by atoms with Gasteiger partial charge in [-0.15, -0.1) is 0 Å². The van der Waals surface area contributed by atoms with E-state index in [-0.39, 0.29) is 17.9 Å². The highest BCUT2D eigenvalue weighted by atomic mass is 16.5. The number of aromatic nitrogens is 2. The summed E-state index contributed by atoms with van der Waals surface area (Å²) in [5.41, 5.74) is 2.54. The van der Waals surface area contributed by atoms with E-state index in [4.69, 9.17) is 9.26 Å². The smallest absolute Gasteiger partial charge is 0.251 e. The fourth-order valence-electron chi connectivity index (χ4n) is 2.83. The number of benzene rings is 2. The molecule has 0 unspecified atom stereocenters. The number of ether oxygens (including phenoxy) is 1. The van der Waals surface area contributed by atoms with Crippen LogP contribution >= 0.6 is 0 Å². The van der Waals surface area contributed by atoms with Crippen LogP contribution in [-0.2, 0) is 0 Å². The lowest BCUT2D eigenvalue weighted by Crippen LogP contribution is -2.32. The molecule has 146 valence electrons. The minimum atomic E-state index is -0.363. The minimum absolute atomic E-state index is 0.138. The lowest BCUT2D eigenvalue weighted by Gasteiger charge is -2.20. The van der Waals surface area contributed by atoms with Crippen LogP contribution in [0.15, 0.2) is 53.1 Å². The fourth-order valence-corrected chi connectivity index (χ4v) is 2.83. The molecule has 2 atom stereocenters. The van der Waals surface area contributed by atoms with E-state index in [1.54, 1.807) is 7.11 Å². The van der Waals surface area contributed by atoms with E-state index < -0.39 is 0 Å². The van der Waals surface area contributed by atoms with Crippen molar-refractivity contribution in [1.82, 2.24) is 15.5 Å². The summed E-state index contributed by atoms with van der Waals surface area (Å²) in [5.74, 6) is 1.62. The van der Waals surface area contributed by atoms with Crippen molar-refractivity contribution in [3.63, 3.8) is 0 Å². The molecular formula is C22H25N3O3. The zero-order valence-corrected chi connectivity index (χ0v) is 16.6. The van der Waals surface area contributed by atoms with Gasteiger partial charge in [0, 0.05) is 11.1 Å². The van der Waals surface area contributed by atoms with Crippen LogP contribution in [-0.4, -0.2) is 23.2 Å². The Bertz CT molecular complexity index is 917. The molecule has 0 aliphatic heterocycles. The molecular weight excluding hydrogens is 354 g/mol. The van der Waals surface area contributed by atoms with E-state index in [1.807, 2.05) is 55.5 Å². The third-order valence-corrected chi connectivity index (χ3v) is 4.87. The molecule has 6 heteroatoms. The Morgan fingerprint density at radius 1 is 1.14 bits per heavy atom. The second kappa shape index (κ2) is 8.69. The molecule has 2 aromatic carbocycles. The molecule has 1 heterocycles. The summed E-state index contributed by atoms with van der Waals surface area (Å²) in [6.45, 7) is 6.11. The number of hydrogen-bond acceptors (Lipinski definition) is 5. The van der Waals surface area contributed by atoms with Crippen LogP contribution in [0.3, 0.4) is 0 Å². The Morgan fingerprint density at radius 3 is 2.43 bits per heavy atom. The second-order valence-electron chi connectivity index (χ2n) is 6.89. The molecule has 0 saturated carbocycles. The van der Waals surface area contributed by atoms with Gasteiger partial charge in [-0.3, -0.25) is 4.79 Å². The Balaban J connectivity index is 1.82. The van der Waals surface area contributed by atoms with Crippen molar-refractivity contribution in [1.29, 1.82) is 0 Å². The van der Waals surface area contributed by atoms with Crippen molar-refractivity contribution >= 4 is 5.91 Å². The summed E-state index contributed by atoms with van der Waals surface area (Å²) < 4.78 is 10.7. The van der Waals surface area contributed by atoms with Gasteiger partial charge in [-0.05, 0) is 49.2 Å². The number of aryl methyl sites for hydroxylation is 1. The Morgan fingerprint density at radius 2 is 1.82 bits per heavy atom. The van der Waals surface area contributed by atoms with E-state index in [0.717, 1.165) is 23.3 Å². The van der Waals surface area contributed by atoms with Crippen LogP contribution in [0.1, 0.15) is 48.1 Å². The van der Waals surface area contributed by atoms with Gasteiger partial charge in [0.05, 0.1) is 7.11 Å². The molecule has 1 amide bonds. The number of carbonyl (C=O) groups excluding carboxylic acids is 1. The first-order valence-electron chi connectivity index (χ1n) is 9.37. The number of hydrogen-bond donors (Lipinski definition) is 1. The predicted octanol–water partition coefficient (Wildman–Crippen LogP) is 4.57. The lowest BCUT2D eigenvalue weighted by molar-refractivity contribution is 0.0910. The SMILES string of the molecule is CC[C@@H](C)[C@@H](NC(=O)c1ccc(C)cc1)c1nc(-c2ccc(OC)cc2)no1. The number of nitrogens with one attached hydrogen (secondary N) is 1. The van der Waals surface area contributed by atoms with E-state index in [1.165, 1.54) is 0 Å². The summed E-state index contributed by atoms with van der Waals surface area (Å²) in [7, 11) is 1.62. The highest BCUT2D eigenvalue weighted by Gasteiger charge is 2.27. The van der Waals surface area contributed by atoms with Gasteiger partial charge in [0.25, 0.3) is 5.91 Å². The molecule has 0 saturated heterocycles. The third-order valence-electron chi connectivity index (χ3n) is 4.87. The first-order chi connectivity index (χ1) is 13.5. The average molecular weight is 379 g/mol. The average Bonchev–Trinajstić information content (AvgIpc) is 3.21. The summed E-state index contributed by atoms with van der Waals surface area (Å²) in [6.07, 6.45) is 0.860. The van der Waals surface area contributed by atoms with E-state index in [0.29, 0.717) is 17.3 Å². The summed E-state index contributed by atoms with van der Waals surface area (Å²) in [4.78, 5) is 17.2. The van der Waals surface area contributed by atoms with E-state index in [9.17, 15) is 4.79 Å². The van der Waals surface area contributed by atoms with Gasteiger partial charge in [-0.2, -0.15) is 4.98 Å². The Kier molecular flexibility index (Phi) is 6.09. The molecule has 0 aliphatic carbocycles. The highest BCUT2D eigenvalue weighted by molar-refractivity contribution is 5.94. The second-order valence-corrected chi connectivity index (χ2v) is 6.89. The maximum Gasteiger partial charge on any atom is 0.251 e. The topological polar surface area (TPSA) is 77.2 Å². The number of rotatable bonds is 7. The lowest BCUT2D eigenvalue weighted by atomic mass is 9.98. The molecule has 0 fully saturated rings. The molecule has 1 N–H and O–H groups in total. The van der Waals surface area contributed by atoms with Crippen molar-refractivity contribution in [3.05, 3.63) is 65.5 Å². The zero-order chi connectivity index (χ0) is 20.1. The van der Waals surface area contributed by atoms with Gasteiger partial charge in [0.1, 0.15) is 11.8 Å². The van der Waals surface area contributed by atoms with Crippen LogP contribution in [0.4, 0.5) is 0 Å². The minimum Gasteiger partial charge on any atom is -0.497 e. The molecule has 0 bridgehead atoms. The van der Waals surface area contributed by atoms with Crippen molar-refractivity contribution in [2.45, 2.75) is 33.2 Å².